The molecule has 0 aliphatic heterocycles. The van der Waals surface area contributed by atoms with Gasteiger partial charge in [-0.25, -0.2) is 4.98 Å². The molecule has 0 aromatic carbocycles. The Bertz CT molecular complexity index is 486. The van der Waals surface area contributed by atoms with Crippen molar-refractivity contribution in [3.8, 4) is 0 Å². The largest absolute Gasteiger partial charge is 0.409 e. The van der Waals surface area contributed by atoms with Crippen LogP contribution in [0.4, 0.5) is 5.82 Å². The first-order valence-corrected chi connectivity index (χ1v) is 7.45. The van der Waals surface area contributed by atoms with Crippen molar-refractivity contribution in [3.05, 3.63) is 22.8 Å². The summed E-state index contributed by atoms with van der Waals surface area (Å²) in [5.41, 5.74) is 6.17. The molecule has 20 heavy (non-hydrogen) atoms. The summed E-state index contributed by atoms with van der Waals surface area (Å²) in [6.45, 7) is 2.94. The predicted octanol–water partition coefficient (Wildman–Crippen LogP) is 2.99. The van der Waals surface area contributed by atoms with Gasteiger partial charge in [-0.1, -0.05) is 36.0 Å². The zero-order valence-corrected chi connectivity index (χ0v) is 12.5. The minimum absolute atomic E-state index is 0.0124. The van der Waals surface area contributed by atoms with Crippen LogP contribution in [0.3, 0.4) is 0 Å². The summed E-state index contributed by atoms with van der Waals surface area (Å²) in [6.07, 6.45) is 7.79. The lowest BCUT2D eigenvalue weighted by molar-refractivity contribution is 0.318. The molecule has 110 valence electrons. The molecule has 5 nitrogen and oxygen atoms in total. The molecule has 0 atom stereocenters. The molecule has 1 fully saturated rings. The first kappa shape index (κ1) is 14.9. The number of pyridine rings is 1. The molecular formula is C14H21ClN4O. The van der Waals surface area contributed by atoms with Gasteiger partial charge in [0, 0.05) is 24.3 Å². The molecule has 1 aromatic rings. The Labute approximate surface area is 124 Å². The minimum Gasteiger partial charge on any atom is -0.409 e. The lowest BCUT2D eigenvalue weighted by atomic mass is 9.94. The molecule has 0 saturated heterocycles. The first-order chi connectivity index (χ1) is 9.69. The number of aromatic nitrogens is 1. The van der Waals surface area contributed by atoms with E-state index in [-0.39, 0.29) is 5.84 Å². The van der Waals surface area contributed by atoms with Gasteiger partial charge in [-0.3, -0.25) is 0 Å². The standard InChI is InChI=1S/C14H21ClN4O/c1-2-19(10-6-4-3-5-7-10)14-12(15)11(8-9-17-14)13(16)18-20/h8-10,20H,2-7H2,1H3,(H2,16,18). The highest BCUT2D eigenvalue weighted by Crippen LogP contribution is 2.32. The van der Waals surface area contributed by atoms with Crippen molar-refractivity contribution in [2.24, 2.45) is 10.9 Å². The highest BCUT2D eigenvalue weighted by atomic mass is 35.5. The molecule has 1 saturated carbocycles. The second kappa shape index (κ2) is 6.79. The van der Waals surface area contributed by atoms with Gasteiger partial charge in [0.05, 0.1) is 5.02 Å². The summed E-state index contributed by atoms with van der Waals surface area (Å²) in [5, 5.41) is 12.3. The number of rotatable bonds is 4. The smallest absolute Gasteiger partial charge is 0.171 e. The Kier molecular flexibility index (Phi) is 5.06. The van der Waals surface area contributed by atoms with Gasteiger partial charge in [0.25, 0.3) is 0 Å². The molecule has 1 aliphatic rings. The van der Waals surface area contributed by atoms with Crippen LogP contribution >= 0.6 is 11.6 Å². The number of nitrogens with zero attached hydrogens (tertiary/aromatic N) is 3. The van der Waals surface area contributed by atoms with E-state index >= 15 is 0 Å². The number of halogens is 1. The maximum Gasteiger partial charge on any atom is 0.171 e. The second-order valence-corrected chi connectivity index (χ2v) is 5.44. The van der Waals surface area contributed by atoms with E-state index in [1.165, 1.54) is 32.1 Å². The zero-order valence-electron chi connectivity index (χ0n) is 11.7. The van der Waals surface area contributed by atoms with Gasteiger partial charge in [0.15, 0.2) is 5.84 Å². The molecule has 0 amide bonds. The summed E-state index contributed by atoms with van der Waals surface area (Å²) in [4.78, 5) is 6.64. The maximum absolute atomic E-state index is 8.82. The summed E-state index contributed by atoms with van der Waals surface area (Å²) in [6, 6.07) is 2.14. The highest BCUT2D eigenvalue weighted by molar-refractivity contribution is 6.36. The number of oxime groups is 1. The van der Waals surface area contributed by atoms with E-state index in [2.05, 4.69) is 22.0 Å². The summed E-state index contributed by atoms with van der Waals surface area (Å²) in [5.74, 6) is 0.739. The third-order valence-corrected chi connectivity index (χ3v) is 4.26. The van der Waals surface area contributed by atoms with E-state index in [9.17, 15) is 0 Å². The lowest BCUT2D eigenvalue weighted by Crippen LogP contribution is -2.37. The van der Waals surface area contributed by atoms with Crippen molar-refractivity contribution in [2.75, 3.05) is 11.4 Å². The second-order valence-electron chi connectivity index (χ2n) is 5.06. The van der Waals surface area contributed by atoms with E-state index in [0.29, 0.717) is 16.6 Å². The molecule has 3 N–H and O–H groups in total. The number of anilines is 1. The topological polar surface area (TPSA) is 74.7 Å². The Morgan fingerprint density at radius 1 is 1.50 bits per heavy atom. The Morgan fingerprint density at radius 3 is 2.80 bits per heavy atom. The SMILES string of the molecule is CCN(c1nccc(/C(N)=N/O)c1Cl)C1CCCCC1. The monoisotopic (exact) mass is 296 g/mol. The molecule has 0 radical (unpaired) electrons. The fraction of sp³-hybridized carbons (Fsp3) is 0.571. The fourth-order valence-electron chi connectivity index (χ4n) is 2.86. The predicted molar refractivity (Wildman–Crippen MR) is 81.7 cm³/mol. The average Bonchev–Trinajstić information content (AvgIpc) is 2.50. The molecule has 0 bridgehead atoms. The van der Waals surface area contributed by atoms with Crippen LogP contribution in [0.25, 0.3) is 0 Å². The molecular weight excluding hydrogens is 276 g/mol. The van der Waals surface area contributed by atoms with Crippen LogP contribution < -0.4 is 10.6 Å². The molecule has 0 spiro atoms. The molecule has 1 aliphatic carbocycles. The number of hydrogen-bond donors (Lipinski definition) is 2. The summed E-state index contributed by atoms with van der Waals surface area (Å²) >= 11 is 6.40. The lowest BCUT2D eigenvalue weighted by Gasteiger charge is -2.35. The van der Waals surface area contributed by atoms with Crippen LogP contribution in [0.1, 0.15) is 44.6 Å². The van der Waals surface area contributed by atoms with Gasteiger partial charge in [-0.2, -0.15) is 0 Å². The molecule has 2 rings (SSSR count). The average molecular weight is 297 g/mol. The molecule has 1 aromatic heterocycles. The number of amidine groups is 1. The van der Waals surface area contributed by atoms with Crippen molar-refractivity contribution < 1.29 is 5.21 Å². The van der Waals surface area contributed by atoms with Crippen molar-refractivity contribution >= 4 is 23.3 Å². The van der Waals surface area contributed by atoms with Crippen molar-refractivity contribution in [1.29, 1.82) is 0 Å². The van der Waals surface area contributed by atoms with E-state index in [4.69, 9.17) is 22.5 Å². The van der Waals surface area contributed by atoms with Gasteiger partial charge >= 0.3 is 0 Å². The molecule has 0 unspecified atom stereocenters. The van der Waals surface area contributed by atoms with Crippen LogP contribution in [-0.4, -0.2) is 28.6 Å². The minimum atomic E-state index is 0.0124. The van der Waals surface area contributed by atoms with E-state index in [1.54, 1.807) is 12.3 Å². The van der Waals surface area contributed by atoms with Gasteiger partial charge in [0.1, 0.15) is 5.82 Å². The van der Waals surface area contributed by atoms with Crippen LogP contribution in [0, 0.1) is 0 Å². The van der Waals surface area contributed by atoms with Gasteiger partial charge in [-0.15, -0.1) is 0 Å². The third kappa shape index (κ3) is 2.98. The highest BCUT2D eigenvalue weighted by Gasteiger charge is 2.24. The molecule has 6 heteroatoms. The van der Waals surface area contributed by atoms with Gasteiger partial charge in [-0.05, 0) is 25.8 Å². The van der Waals surface area contributed by atoms with Crippen LogP contribution in [0.5, 0.6) is 0 Å². The van der Waals surface area contributed by atoms with E-state index in [1.807, 2.05) is 0 Å². The number of hydrogen-bond acceptors (Lipinski definition) is 4. The van der Waals surface area contributed by atoms with Crippen LogP contribution in [0.2, 0.25) is 5.02 Å². The quantitative estimate of drug-likeness (QED) is 0.388. The summed E-state index contributed by atoms with van der Waals surface area (Å²) < 4.78 is 0. The Balaban J connectivity index is 2.34. The van der Waals surface area contributed by atoms with Crippen molar-refractivity contribution in [2.45, 2.75) is 45.1 Å². The van der Waals surface area contributed by atoms with Crippen LogP contribution in [-0.2, 0) is 0 Å². The van der Waals surface area contributed by atoms with Gasteiger partial charge < -0.3 is 15.8 Å². The fourth-order valence-corrected chi connectivity index (χ4v) is 3.18. The van der Waals surface area contributed by atoms with Gasteiger partial charge in [0.2, 0.25) is 0 Å². The first-order valence-electron chi connectivity index (χ1n) is 7.08. The third-order valence-electron chi connectivity index (χ3n) is 3.88. The van der Waals surface area contributed by atoms with Crippen molar-refractivity contribution in [1.82, 2.24) is 4.98 Å². The van der Waals surface area contributed by atoms with E-state index in [0.717, 1.165) is 12.4 Å². The van der Waals surface area contributed by atoms with Crippen molar-refractivity contribution in [3.63, 3.8) is 0 Å². The Morgan fingerprint density at radius 2 is 2.20 bits per heavy atom. The number of nitrogens with two attached hydrogens (primary N) is 1. The van der Waals surface area contributed by atoms with Crippen LogP contribution in [0.15, 0.2) is 17.4 Å². The zero-order chi connectivity index (χ0) is 14.5. The Hall–Kier alpha value is -1.49. The normalized spacial score (nSPS) is 17.2. The summed E-state index contributed by atoms with van der Waals surface area (Å²) in [7, 11) is 0. The molecule has 1 heterocycles. The maximum atomic E-state index is 8.82. The van der Waals surface area contributed by atoms with E-state index < -0.39 is 0 Å².